The summed E-state index contributed by atoms with van der Waals surface area (Å²) in [5.41, 5.74) is 1.65. The Kier molecular flexibility index (Phi) is 4.21. The van der Waals surface area contributed by atoms with Crippen molar-refractivity contribution in [2.45, 2.75) is 0 Å². The molecule has 1 N–H and O–H groups in total. The van der Waals surface area contributed by atoms with E-state index >= 15 is 0 Å². The van der Waals surface area contributed by atoms with Crippen molar-refractivity contribution in [3.05, 3.63) is 60.7 Å². The minimum absolute atomic E-state index is 0.138. The quantitative estimate of drug-likeness (QED) is 0.912. The molecule has 2 aromatic carbocycles. The van der Waals surface area contributed by atoms with E-state index in [1.807, 2.05) is 60.7 Å². The summed E-state index contributed by atoms with van der Waals surface area (Å²) in [5.74, 6) is 0.869. The Morgan fingerprint density at radius 2 is 1.71 bits per heavy atom. The van der Waals surface area contributed by atoms with Gasteiger partial charge in [-0.2, -0.15) is 0 Å². The summed E-state index contributed by atoms with van der Waals surface area (Å²) in [6.07, 6.45) is 0. The van der Waals surface area contributed by atoms with Gasteiger partial charge < -0.3 is 5.32 Å². The zero-order valence-electron chi connectivity index (χ0n) is 11.4. The number of para-hydroxylation sites is 2. The van der Waals surface area contributed by atoms with Gasteiger partial charge in [-0.25, -0.2) is 9.79 Å². The summed E-state index contributed by atoms with van der Waals surface area (Å²) in [4.78, 5) is 18.6. The molecule has 2 aromatic rings. The fourth-order valence-corrected chi connectivity index (χ4v) is 2.96. The first-order valence-corrected chi connectivity index (χ1v) is 7.71. The minimum Gasteiger partial charge on any atom is -0.307 e. The number of carbonyl (C=O) groups excluding carboxylic acids is 1. The maximum atomic E-state index is 12.3. The maximum Gasteiger partial charge on any atom is 0.327 e. The number of nitrogens with zero attached hydrogens (tertiary/aromatic N) is 2. The average molecular weight is 297 g/mol. The lowest BCUT2D eigenvalue weighted by Crippen LogP contribution is -2.35. The molecule has 0 spiro atoms. The molecular weight excluding hydrogens is 282 g/mol. The number of nitrogens with one attached hydrogen (secondary N) is 1. The van der Waals surface area contributed by atoms with Crippen molar-refractivity contribution < 1.29 is 4.79 Å². The topological polar surface area (TPSA) is 44.7 Å². The Balaban J connectivity index is 1.75. The van der Waals surface area contributed by atoms with Gasteiger partial charge in [0.25, 0.3) is 0 Å². The monoisotopic (exact) mass is 297 g/mol. The number of anilines is 1. The predicted molar refractivity (Wildman–Crippen MR) is 88.2 cm³/mol. The summed E-state index contributed by atoms with van der Waals surface area (Å²) in [6, 6.07) is 19.0. The molecular formula is C16H15N3OS. The van der Waals surface area contributed by atoms with Crippen LogP contribution < -0.4 is 5.32 Å². The van der Waals surface area contributed by atoms with Crippen molar-refractivity contribution in [1.82, 2.24) is 4.90 Å². The third-order valence-electron chi connectivity index (χ3n) is 3.03. The summed E-state index contributed by atoms with van der Waals surface area (Å²) in [6.45, 7) is 0.676. The fraction of sp³-hybridized carbons (Fsp3) is 0.125. The third-order valence-corrected chi connectivity index (χ3v) is 3.98. The molecule has 4 nitrogen and oxygen atoms in total. The first-order chi connectivity index (χ1) is 10.3. The second-order valence-corrected chi connectivity index (χ2v) is 5.59. The predicted octanol–water partition coefficient (Wildman–Crippen LogP) is 3.96. The van der Waals surface area contributed by atoms with Gasteiger partial charge in [-0.1, -0.05) is 48.2 Å². The van der Waals surface area contributed by atoms with E-state index in [1.54, 1.807) is 16.7 Å². The maximum absolute atomic E-state index is 12.3. The molecule has 1 aliphatic heterocycles. The molecule has 21 heavy (non-hydrogen) atoms. The zero-order chi connectivity index (χ0) is 14.5. The number of benzene rings is 2. The Hall–Kier alpha value is -2.27. The molecule has 0 atom stereocenters. The molecule has 0 aromatic heterocycles. The second kappa shape index (κ2) is 6.45. The molecule has 5 heteroatoms. The van der Waals surface area contributed by atoms with Crippen LogP contribution in [0.15, 0.2) is 65.7 Å². The van der Waals surface area contributed by atoms with Crippen LogP contribution in [0, 0.1) is 0 Å². The Labute approximate surface area is 127 Å². The van der Waals surface area contributed by atoms with E-state index in [-0.39, 0.29) is 6.03 Å². The molecule has 0 saturated carbocycles. The highest BCUT2D eigenvalue weighted by atomic mass is 32.2. The molecule has 3 rings (SSSR count). The van der Waals surface area contributed by atoms with Crippen molar-refractivity contribution in [3.63, 3.8) is 0 Å². The van der Waals surface area contributed by atoms with E-state index in [0.717, 1.165) is 22.3 Å². The largest absolute Gasteiger partial charge is 0.327 e. The Bertz CT molecular complexity index is 643. The Morgan fingerprint density at radius 3 is 2.43 bits per heavy atom. The molecule has 1 saturated heterocycles. The lowest BCUT2D eigenvalue weighted by Gasteiger charge is -2.16. The van der Waals surface area contributed by atoms with E-state index in [0.29, 0.717) is 6.54 Å². The molecule has 1 heterocycles. The lowest BCUT2D eigenvalue weighted by molar-refractivity contribution is 0.236. The molecule has 0 radical (unpaired) electrons. The van der Waals surface area contributed by atoms with Crippen molar-refractivity contribution in [1.29, 1.82) is 0 Å². The molecule has 0 aliphatic carbocycles. The van der Waals surface area contributed by atoms with Crippen LogP contribution in [-0.4, -0.2) is 28.4 Å². The first-order valence-electron chi connectivity index (χ1n) is 6.73. The van der Waals surface area contributed by atoms with Crippen LogP contribution in [0.3, 0.4) is 0 Å². The van der Waals surface area contributed by atoms with Gasteiger partial charge in [-0.05, 0) is 24.3 Å². The number of urea groups is 1. The van der Waals surface area contributed by atoms with Gasteiger partial charge >= 0.3 is 6.03 Å². The summed E-state index contributed by atoms with van der Waals surface area (Å²) >= 11 is 1.60. The van der Waals surface area contributed by atoms with Gasteiger partial charge in [-0.15, -0.1) is 0 Å². The van der Waals surface area contributed by atoms with Gasteiger partial charge in [0.1, 0.15) is 0 Å². The summed E-state index contributed by atoms with van der Waals surface area (Å²) in [5, 5.41) is 3.64. The average Bonchev–Trinajstić information content (AvgIpc) is 2.97. The summed E-state index contributed by atoms with van der Waals surface area (Å²) < 4.78 is 0. The number of amides is 2. The fourth-order valence-electron chi connectivity index (χ4n) is 2.01. The zero-order valence-corrected chi connectivity index (χ0v) is 12.2. The van der Waals surface area contributed by atoms with E-state index < -0.39 is 0 Å². The van der Waals surface area contributed by atoms with E-state index in [2.05, 4.69) is 10.3 Å². The van der Waals surface area contributed by atoms with Crippen molar-refractivity contribution in [2.24, 2.45) is 4.99 Å². The van der Waals surface area contributed by atoms with Gasteiger partial charge in [0, 0.05) is 18.0 Å². The number of thioether (sulfide) groups is 1. The molecule has 0 bridgehead atoms. The standard InChI is InChI=1S/C16H15N3OS/c20-15(17-13-7-3-1-4-8-13)19-11-12-21-16(19)18-14-9-5-2-6-10-14/h1-10H,11-12H2,(H,17,20). The highest BCUT2D eigenvalue weighted by Gasteiger charge is 2.25. The number of carbonyl (C=O) groups is 1. The number of rotatable bonds is 2. The SMILES string of the molecule is O=C(Nc1ccccc1)N1CCSC1=Nc1ccccc1. The molecule has 1 fully saturated rings. The van der Waals surface area contributed by atoms with Crippen LogP contribution in [0.2, 0.25) is 0 Å². The van der Waals surface area contributed by atoms with Gasteiger partial charge in [-0.3, -0.25) is 4.90 Å². The highest BCUT2D eigenvalue weighted by Crippen LogP contribution is 2.23. The smallest absolute Gasteiger partial charge is 0.307 e. The van der Waals surface area contributed by atoms with Crippen molar-refractivity contribution >= 4 is 34.3 Å². The summed E-state index contributed by atoms with van der Waals surface area (Å²) in [7, 11) is 0. The number of hydrogen-bond donors (Lipinski definition) is 1. The third kappa shape index (κ3) is 3.44. The normalized spacial score (nSPS) is 16.2. The second-order valence-electron chi connectivity index (χ2n) is 4.53. The van der Waals surface area contributed by atoms with E-state index in [1.165, 1.54) is 0 Å². The Morgan fingerprint density at radius 1 is 1.05 bits per heavy atom. The van der Waals surface area contributed by atoms with Crippen LogP contribution in [0.25, 0.3) is 0 Å². The number of aliphatic imine (C=N–C) groups is 1. The highest BCUT2D eigenvalue weighted by molar-refractivity contribution is 8.14. The molecule has 2 amide bonds. The number of amidine groups is 1. The van der Waals surface area contributed by atoms with Crippen molar-refractivity contribution in [2.75, 3.05) is 17.6 Å². The first kappa shape index (κ1) is 13.7. The molecule has 0 unspecified atom stereocenters. The van der Waals surface area contributed by atoms with Crippen molar-refractivity contribution in [3.8, 4) is 0 Å². The van der Waals surface area contributed by atoms with Gasteiger partial charge in [0.05, 0.1) is 5.69 Å². The molecule has 1 aliphatic rings. The van der Waals surface area contributed by atoms with E-state index in [9.17, 15) is 4.79 Å². The number of hydrogen-bond acceptors (Lipinski definition) is 3. The molecule has 106 valence electrons. The van der Waals surface area contributed by atoms with E-state index in [4.69, 9.17) is 0 Å². The van der Waals surface area contributed by atoms with Crippen LogP contribution >= 0.6 is 11.8 Å². The van der Waals surface area contributed by atoms with Gasteiger partial charge in [0.15, 0.2) is 5.17 Å². The van der Waals surface area contributed by atoms with Crippen LogP contribution in [0.5, 0.6) is 0 Å². The van der Waals surface area contributed by atoms with Gasteiger partial charge in [0.2, 0.25) is 0 Å². The van der Waals surface area contributed by atoms with Crippen LogP contribution in [-0.2, 0) is 0 Å². The minimum atomic E-state index is -0.138. The van der Waals surface area contributed by atoms with Crippen LogP contribution in [0.4, 0.5) is 16.2 Å². The van der Waals surface area contributed by atoms with Crippen LogP contribution in [0.1, 0.15) is 0 Å². The lowest BCUT2D eigenvalue weighted by atomic mass is 10.3.